The first-order valence-electron chi connectivity index (χ1n) is 7.65. The van der Waals surface area contributed by atoms with Crippen LogP contribution in [0.25, 0.3) is 0 Å². The molecule has 0 radical (unpaired) electrons. The predicted octanol–water partition coefficient (Wildman–Crippen LogP) is 5.74. The van der Waals surface area contributed by atoms with Crippen molar-refractivity contribution in [3.63, 3.8) is 0 Å². The van der Waals surface area contributed by atoms with Gasteiger partial charge in [-0.05, 0) is 48.2 Å². The van der Waals surface area contributed by atoms with E-state index in [-0.39, 0.29) is 16.6 Å². The minimum Gasteiger partial charge on any atom is -0.383 e. The minimum absolute atomic E-state index is 0.0271. The monoisotopic (exact) mass is 445 g/mol. The fraction of sp³-hybridized carbons (Fsp3) is 0.0588. The molecule has 0 saturated heterocycles. The predicted molar refractivity (Wildman–Crippen MR) is 109 cm³/mol. The Morgan fingerprint density at radius 2 is 1.68 bits per heavy atom. The zero-order valence-corrected chi connectivity index (χ0v) is 16.2. The first kappa shape index (κ1) is 20.4. The number of hydrogen-bond donors (Lipinski definition) is 4. The Morgan fingerprint density at radius 1 is 1.07 bits per heavy atom. The molecule has 0 bridgehead atoms. The number of rotatable bonds is 3. The van der Waals surface area contributed by atoms with E-state index in [1.165, 1.54) is 12.1 Å². The summed E-state index contributed by atoms with van der Waals surface area (Å²) in [5, 5.41) is 14.9. The van der Waals surface area contributed by atoms with Gasteiger partial charge in [0.1, 0.15) is 16.6 Å². The van der Waals surface area contributed by atoms with Crippen molar-refractivity contribution >= 4 is 56.5 Å². The van der Waals surface area contributed by atoms with Crippen LogP contribution in [0.1, 0.15) is 5.56 Å². The maximum absolute atomic E-state index is 12.6. The highest BCUT2D eigenvalue weighted by Gasteiger charge is 2.30. The average Bonchev–Trinajstić information content (AvgIpc) is 2.98. The fourth-order valence-electron chi connectivity index (χ4n) is 2.24. The van der Waals surface area contributed by atoms with E-state index in [2.05, 4.69) is 15.6 Å². The van der Waals surface area contributed by atoms with Crippen LogP contribution in [0.5, 0.6) is 0 Å². The summed E-state index contributed by atoms with van der Waals surface area (Å²) in [5.74, 6) is 0.0271. The van der Waals surface area contributed by atoms with Crippen LogP contribution in [0.3, 0.4) is 0 Å². The second kappa shape index (κ2) is 7.94. The Bertz CT molecular complexity index is 967. The smallest absolute Gasteiger partial charge is 0.383 e. The minimum atomic E-state index is -4.42. The number of nitrogens with zero attached hydrogens (tertiary/aromatic N) is 1. The van der Waals surface area contributed by atoms with Crippen LogP contribution < -0.4 is 16.4 Å². The van der Waals surface area contributed by atoms with E-state index < -0.39 is 11.7 Å². The molecule has 5 nitrogen and oxygen atoms in total. The maximum atomic E-state index is 12.6. The molecule has 28 heavy (non-hydrogen) atoms. The summed E-state index contributed by atoms with van der Waals surface area (Å²) in [7, 11) is 0. The molecule has 2 aromatic rings. The molecular formula is C17H12Cl2F3N5S. The number of hydrogen-bond acceptors (Lipinski definition) is 6. The Balaban J connectivity index is 1.79. The van der Waals surface area contributed by atoms with Crippen LogP contribution in [0, 0.1) is 5.41 Å². The molecule has 1 aliphatic heterocycles. The number of aliphatic imine (C=N–C) groups is 1. The summed E-state index contributed by atoms with van der Waals surface area (Å²) >= 11 is 13.2. The molecule has 0 saturated carbocycles. The van der Waals surface area contributed by atoms with Crippen molar-refractivity contribution in [2.75, 3.05) is 10.6 Å². The van der Waals surface area contributed by atoms with Crippen molar-refractivity contribution in [3.8, 4) is 0 Å². The average molecular weight is 446 g/mol. The molecule has 5 N–H and O–H groups in total. The van der Waals surface area contributed by atoms with E-state index in [9.17, 15) is 13.2 Å². The van der Waals surface area contributed by atoms with Gasteiger partial charge in [-0.1, -0.05) is 29.3 Å². The zero-order chi connectivity index (χ0) is 20.5. The molecule has 0 aliphatic carbocycles. The van der Waals surface area contributed by atoms with E-state index in [0.717, 1.165) is 23.9 Å². The molecule has 0 spiro atoms. The molecular weight excluding hydrogens is 434 g/mol. The van der Waals surface area contributed by atoms with Crippen molar-refractivity contribution < 1.29 is 13.2 Å². The van der Waals surface area contributed by atoms with Crippen LogP contribution >= 0.6 is 35.0 Å². The molecule has 0 atom stereocenters. The SMILES string of the molecule is N=C1SC(Nc2c(Cl)cccc2Cl)=N/C1=C(/N)Nc1ccc(C(F)(F)F)cc1. The van der Waals surface area contributed by atoms with E-state index in [4.69, 9.17) is 34.3 Å². The highest BCUT2D eigenvalue weighted by atomic mass is 35.5. The number of nitrogens with two attached hydrogens (primary N) is 1. The van der Waals surface area contributed by atoms with Crippen LogP contribution in [0.15, 0.2) is 59.0 Å². The van der Waals surface area contributed by atoms with Crippen LogP contribution in [-0.2, 0) is 6.18 Å². The lowest BCUT2D eigenvalue weighted by Gasteiger charge is -2.10. The molecule has 0 aromatic heterocycles. The molecule has 2 aromatic carbocycles. The molecule has 3 rings (SSSR count). The van der Waals surface area contributed by atoms with E-state index in [1.54, 1.807) is 18.2 Å². The molecule has 0 amide bonds. The van der Waals surface area contributed by atoms with Crippen molar-refractivity contribution in [1.82, 2.24) is 0 Å². The van der Waals surface area contributed by atoms with Gasteiger partial charge < -0.3 is 16.4 Å². The molecule has 11 heteroatoms. The van der Waals surface area contributed by atoms with Gasteiger partial charge in [0, 0.05) is 5.69 Å². The number of alkyl halides is 3. The van der Waals surface area contributed by atoms with Crippen molar-refractivity contribution in [2.45, 2.75) is 6.18 Å². The quantitative estimate of drug-likeness (QED) is 0.484. The number of para-hydroxylation sites is 1. The fourth-order valence-corrected chi connectivity index (χ4v) is 3.47. The van der Waals surface area contributed by atoms with Crippen molar-refractivity contribution in [3.05, 3.63) is 69.6 Å². The zero-order valence-electron chi connectivity index (χ0n) is 13.9. The maximum Gasteiger partial charge on any atom is 0.416 e. The highest BCUT2D eigenvalue weighted by molar-refractivity contribution is 8.27. The lowest BCUT2D eigenvalue weighted by molar-refractivity contribution is -0.137. The summed E-state index contributed by atoms with van der Waals surface area (Å²) in [6.45, 7) is 0. The second-order valence-corrected chi connectivity index (χ2v) is 7.35. The van der Waals surface area contributed by atoms with Crippen LogP contribution in [-0.4, -0.2) is 10.2 Å². The number of anilines is 2. The first-order chi connectivity index (χ1) is 13.1. The van der Waals surface area contributed by atoms with Crippen molar-refractivity contribution in [1.29, 1.82) is 5.41 Å². The van der Waals surface area contributed by atoms with Crippen molar-refractivity contribution in [2.24, 2.45) is 10.7 Å². The number of amidine groups is 1. The standard InChI is InChI=1S/C17H12Cl2F3N5S/c18-10-2-1-3-11(19)12(10)26-16-27-13(15(24)28-16)14(23)25-9-6-4-8(5-7-9)17(20,21)22/h1-7,24-25H,23H2,(H,26,27)/b14-13-,24-15?. The molecule has 0 unspecified atom stereocenters. The molecule has 0 fully saturated rings. The Labute approximate surface area is 172 Å². The number of thioether (sulfide) groups is 1. The third kappa shape index (κ3) is 4.54. The molecule has 1 aliphatic rings. The third-order valence-corrected chi connectivity index (χ3v) is 4.98. The Hall–Kier alpha value is -2.36. The summed E-state index contributed by atoms with van der Waals surface area (Å²) in [6, 6.07) is 9.36. The van der Waals surface area contributed by atoms with Crippen LogP contribution in [0.2, 0.25) is 10.0 Å². The normalized spacial score (nSPS) is 16.0. The van der Waals surface area contributed by atoms with Gasteiger partial charge in [0.2, 0.25) is 0 Å². The lowest BCUT2D eigenvalue weighted by atomic mass is 10.2. The first-order valence-corrected chi connectivity index (χ1v) is 9.23. The van der Waals surface area contributed by atoms with E-state index in [1.807, 2.05) is 0 Å². The Morgan fingerprint density at radius 3 is 2.25 bits per heavy atom. The molecule has 1 heterocycles. The van der Waals surface area contributed by atoms with E-state index >= 15 is 0 Å². The summed E-state index contributed by atoms with van der Waals surface area (Å²) in [4.78, 5) is 4.24. The van der Waals surface area contributed by atoms with Gasteiger partial charge in [0.05, 0.1) is 21.3 Å². The Kier molecular flexibility index (Phi) is 5.78. The topological polar surface area (TPSA) is 86.3 Å². The van der Waals surface area contributed by atoms with Gasteiger partial charge in [0.25, 0.3) is 0 Å². The number of halogens is 5. The summed E-state index contributed by atoms with van der Waals surface area (Å²) < 4.78 is 37.9. The van der Waals surface area contributed by atoms with Gasteiger partial charge >= 0.3 is 6.18 Å². The van der Waals surface area contributed by atoms with E-state index in [0.29, 0.717) is 26.6 Å². The molecule has 146 valence electrons. The van der Waals surface area contributed by atoms with Crippen LogP contribution in [0.4, 0.5) is 24.5 Å². The van der Waals surface area contributed by atoms with Gasteiger partial charge in [-0.25, -0.2) is 4.99 Å². The third-order valence-electron chi connectivity index (χ3n) is 3.57. The van der Waals surface area contributed by atoms with Gasteiger partial charge in [0.15, 0.2) is 5.17 Å². The highest BCUT2D eigenvalue weighted by Crippen LogP contribution is 2.34. The van der Waals surface area contributed by atoms with Gasteiger partial charge in [-0.15, -0.1) is 0 Å². The number of benzene rings is 2. The second-order valence-electron chi connectivity index (χ2n) is 5.53. The summed E-state index contributed by atoms with van der Waals surface area (Å²) in [6.07, 6.45) is -4.42. The lowest BCUT2D eigenvalue weighted by Crippen LogP contribution is -2.14. The summed E-state index contributed by atoms with van der Waals surface area (Å²) in [5.41, 5.74) is 6.11. The number of nitrogens with one attached hydrogen (secondary N) is 3. The largest absolute Gasteiger partial charge is 0.416 e. The van der Waals surface area contributed by atoms with Gasteiger partial charge in [-0.2, -0.15) is 13.2 Å². The van der Waals surface area contributed by atoms with Gasteiger partial charge in [-0.3, -0.25) is 5.41 Å².